The number of hydrogen-bond acceptors (Lipinski definition) is 6. The molecular weight excluding hydrogens is 755 g/mol. The van der Waals surface area contributed by atoms with Gasteiger partial charge in [0, 0.05) is 81.8 Å². The Balaban J connectivity index is 1.04. The van der Waals surface area contributed by atoms with Crippen molar-refractivity contribution < 1.29 is 24.0 Å². The summed E-state index contributed by atoms with van der Waals surface area (Å²) in [5.74, 6) is -0.840. The average molecular weight is 803 g/mol. The molecule has 1 aliphatic carbocycles. The molecule has 0 spiro atoms. The third-order valence-corrected chi connectivity index (χ3v) is 12.4. The molecular formula is C50H48N3O5S+. The number of phenolic OH excluding ortho intramolecular Hbond substituents is 1. The van der Waals surface area contributed by atoms with Crippen molar-refractivity contribution in [1.29, 1.82) is 0 Å². The molecule has 0 unspecified atom stereocenters. The Morgan fingerprint density at radius 1 is 0.881 bits per heavy atom. The number of anilines is 2. The van der Waals surface area contributed by atoms with Crippen molar-refractivity contribution in [2.24, 2.45) is 0 Å². The number of nitrogens with zero attached hydrogens (tertiary/aromatic N) is 2. The molecule has 3 aliphatic heterocycles. The second kappa shape index (κ2) is 14.8. The highest BCUT2D eigenvalue weighted by molar-refractivity contribution is 7.80. The number of aromatic carboxylic acids is 1. The van der Waals surface area contributed by atoms with Crippen molar-refractivity contribution in [2.45, 2.75) is 65.2 Å². The number of nitrogens with one attached hydrogen (secondary N) is 1. The molecule has 8 nitrogen and oxygen atoms in total. The number of aryl methyl sites for hydroxylation is 1. The molecule has 3 N–H and O–H groups in total. The first kappa shape index (κ1) is 39.5. The molecule has 0 aromatic heterocycles. The predicted octanol–water partition coefficient (Wildman–Crippen LogP) is 10.8. The fourth-order valence-electron chi connectivity index (χ4n) is 9.06. The predicted molar refractivity (Wildman–Crippen MR) is 242 cm³/mol. The third kappa shape index (κ3) is 6.83. The minimum absolute atomic E-state index is 0.0107. The molecule has 4 aliphatic rings. The topological polar surface area (TPSA) is 106 Å². The molecule has 0 atom stereocenters. The van der Waals surface area contributed by atoms with Crippen molar-refractivity contribution in [3.05, 3.63) is 153 Å². The number of phenols is 1. The van der Waals surface area contributed by atoms with Gasteiger partial charge < -0.3 is 24.8 Å². The lowest BCUT2D eigenvalue weighted by atomic mass is 9.80. The van der Waals surface area contributed by atoms with Gasteiger partial charge in [0.2, 0.25) is 5.69 Å². The summed E-state index contributed by atoms with van der Waals surface area (Å²) in [6.45, 7) is 14.4. The van der Waals surface area contributed by atoms with E-state index in [0.717, 1.165) is 18.5 Å². The van der Waals surface area contributed by atoms with E-state index in [0.29, 0.717) is 50.5 Å². The molecule has 298 valence electrons. The van der Waals surface area contributed by atoms with Gasteiger partial charge in [-0.05, 0) is 104 Å². The zero-order valence-corrected chi connectivity index (χ0v) is 35.3. The van der Waals surface area contributed by atoms with Crippen LogP contribution in [0.2, 0.25) is 0 Å². The van der Waals surface area contributed by atoms with Crippen molar-refractivity contribution in [2.75, 3.05) is 23.8 Å². The molecule has 0 bridgehead atoms. The quantitative estimate of drug-likeness (QED) is 0.0754. The number of likely N-dealkylation sites (N-methyl/N-ethyl adjacent to an activating group) is 1. The highest BCUT2D eigenvalue weighted by atomic mass is 32.1. The van der Waals surface area contributed by atoms with E-state index in [1.165, 1.54) is 63.7 Å². The highest BCUT2D eigenvalue weighted by Gasteiger charge is 2.43. The smallest absolute Gasteiger partial charge is 0.336 e. The van der Waals surface area contributed by atoms with Crippen LogP contribution in [0.4, 0.5) is 17.1 Å². The first-order valence-electron chi connectivity index (χ1n) is 20.0. The van der Waals surface area contributed by atoms with Crippen LogP contribution < -0.4 is 15.6 Å². The third-order valence-electron chi connectivity index (χ3n) is 12.1. The largest absolute Gasteiger partial charge is 0.508 e. The molecule has 59 heavy (non-hydrogen) atoms. The molecule has 8 rings (SSSR count). The Bertz CT molecular complexity index is 2860. The van der Waals surface area contributed by atoms with E-state index in [1.807, 2.05) is 0 Å². The van der Waals surface area contributed by atoms with Gasteiger partial charge >= 0.3 is 5.97 Å². The van der Waals surface area contributed by atoms with Gasteiger partial charge in [0.1, 0.15) is 24.1 Å². The number of carboxylic acids is 1. The van der Waals surface area contributed by atoms with E-state index >= 15 is 0 Å². The highest BCUT2D eigenvalue weighted by Crippen LogP contribution is 2.48. The van der Waals surface area contributed by atoms with E-state index in [1.54, 1.807) is 30.3 Å². The lowest BCUT2D eigenvalue weighted by molar-refractivity contribution is -0.401. The van der Waals surface area contributed by atoms with Crippen LogP contribution >= 0.6 is 12.2 Å². The molecule has 0 radical (unpaired) electrons. The maximum Gasteiger partial charge on any atom is 0.336 e. The summed E-state index contributed by atoms with van der Waals surface area (Å²) >= 11 is 5.87. The van der Waals surface area contributed by atoms with Gasteiger partial charge in [0.15, 0.2) is 11.1 Å². The first-order valence-corrected chi connectivity index (χ1v) is 20.4. The van der Waals surface area contributed by atoms with E-state index < -0.39 is 5.97 Å². The van der Waals surface area contributed by atoms with E-state index in [4.69, 9.17) is 16.6 Å². The standard InChI is InChI=1S/C50H47N3O5S/c1-8-29-13-21-40-38(23-29)49(3,4)44(52(40)7)11-10-12-45-50(5,6)39-24-30(14-22-41(39)53(45)9-2)25-46(59)51-31-15-18-34(37(26-31)48(56)57)47-35-19-16-32(54)27-42(35)58-43-28-33(55)17-20-36(43)47/h10-24,26-28H,8-9,25H2,1-7H3,(H2-,51,54,55,56,57,59)/p+1. The normalized spacial score (nSPS) is 16.1. The van der Waals surface area contributed by atoms with Crippen molar-refractivity contribution in [3.8, 4) is 28.2 Å². The van der Waals surface area contributed by atoms with Gasteiger partial charge in [0.25, 0.3) is 0 Å². The average Bonchev–Trinajstić information content (AvgIpc) is 3.53. The van der Waals surface area contributed by atoms with E-state index in [9.17, 15) is 19.8 Å². The number of rotatable bonds is 9. The Morgan fingerprint density at radius 2 is 1.63 bits per heavy atom. The molecule has 4 aromatic rings. The molecule has 0 amide bonds. The second-order valence-electron chi connectivity index (χ2n) is 16.5. The van der Waals surface area contributed by atoms with Crippen LogP contribution in [-0.2, 0) is 23.7 Å². The second-order valence-corrected chi connectivity index (χ2v) is 17.0. The minimum atomic E-state index is -1.12. The van der Waals surface area contributed by atoms with Crippen LogP contribution in [0.3, 0.4) is 0 Å². The van der Waals surface area contributed by atoms with Gasteiger partial charge in [0.05, 0.1) is 16.0 Å². The van der Waals surface area contributed by atoms with Crippen LogP contribution in [0.15, 0.2) is 124 Å². The number of carbonyl (C=O) groups is 1. The number of benzene rings is 5. The maximum absolute atomic E-state index is 12.8. The van der Waals surface area contributed by atoms with Gasteiger partial charge in [-0.2, -0.15) is 4.58 Å². The number of allylic oxidation sites excluding steroid dienone is 4. The number of hydrogen-bond donors (Lipinski definition) is 3. The lowest BCUT2D eigenvalue weighted by Gasteiger charge is -2.25. The van der Waals surface area contributed by atoms with Gasteiger partial charge in [-0.1, -0.05) is 63.3 Å². The van der Waals surface area contributed by atoms with Crippen LogP contribution in [-0.4, -0.2) is 45.1 Å². The number of fused-ring (bicyclic) bond motifs is 4. The van der Waals surface area contributed by atoms with Crippen molar-refractivity contribution >= 4 is 56.9 Å². The molecule has 0 saturated heterocycles. The fraction of sp³-hybridized carbons (Fsp3) is 0.240. The maximum atomic E-state index is 12.8. The number of carboxylic acid groups (broad SMARTS) is 1. The summed E-state index contributed by atoms with van der Waals surface area (Å²) < 4.78 is 8.29. The Kier molecular flexibility index (Phi) is 9.91. The summed E-state index contributed by atoms with van der Waals surface area (Å²) in [5.41, 5.74) is 11.9. The summed E-state index contributed by atoms with van der Waals surface area (Å²) in [4.78, 5) is 28.0. The van der Waals surface area contributed by atoms with Gasteiger partial charge in [-0.15, -0.1) is 0 Å². The minimum Gasteiger partial charge on any atom is -0.508 e. The summed E-state index contributed by atoms with van der Waals surface area (Å²) in [6, 6.07) is 27.6. The molecule has 0 fully saturated rings. The molecule has 0 saturated carbocycles. The SMILES string of the molecule is CCc1ccc2c(c1)C(C)(C)C(C=CC=C1N(CC)c3ccc(CC(=S)Nc4ccc(-c5c6ccc(=O)cc-6oc6cc(O)ccc56)c(C(=O)O)c4)cc3C1(C)C)=[N+]2C. The Hall–Kier alpha value is -6.32. The molecule has 4 aromatic carbocycles. The van der Waals surface area contributed by atoms with Crippen LogP contribution in [0.25, 0.3) is 33.4 Å². The number of aromatic hydroxyl groups is 1. The van der Waals surface area contributed by atoms with Gasteiger partial charge in [-0.3, -0.25) is 4.79 Å². The number of thiocarbonyl (C=S) groups is 1. The summed E-state index contributed by atoms with van der Waals surface area (Å²) in [5, 5.41) is 24.5. The van der Waals surface area contributed by atoms with Gasteiger partial charge in [-0.25, -0.2) is 4.79 Å². The van der Waals surface area contributed by atoms with E-state index in [2.05, 4.69) is 118 Å². The van der Waals surface area contributed by atoms with Crippen LogP contribution in [0.5, 0.6) is 5.75 Å². The molecule has 9 heteroatoms. The van der Waals surface area contributed by atoms with Crippen LogP contribution in [0, 0.1) is 0 Å². The van der Waals surface area contributed by atoms with Crippen molar-refractivity contribution in [3.63, 3.8) is 0 Å². The monoisotopic (exact) mass is 802 g/mol. The fourth-order valence-corrected chi connectivity index (χ4v) is 9.35. The lowest BCUT2D eigenvalue weighted by Crippen LogP contribution is -2.27. The summed E-state index contributed by atoms with van der Waals surface area (Å²) in [7, 11) is 2.16. The zero-order chi connectivity index (χ0) is 42.0. The van der Waals surface area contributed by atoms with E-state index in [-0.39, 0.29) is 27.6 Å². The first-order chi connectivity index (χ1) is 28.1. The summed E-state index contributed by atoms with van der Waals surface area (Å²) in [6.07, 6.45) is 8.20. The molecule has 3 heterocycles. The van der Waals surface area contributed by atoms with Crippen LogP contribution in [0.1, 0.15) is 74.2 Å². The Morgan fingerprint density at radius 3 is 2.37 bits per heavy atom. The zero-order valence-electron chi connectivity index (χ0n) is 34.4. The van der Waals surface area contributed by atoms with Crippen molar-refractivity contribution in [1.82, 2.24) is 0 Å². The Labute approximate surface area is 349 Å².